The lowest BCUT2D eigenvalue weighted by atomic mass is 9.85. The summed E-state index contributed by atoms with van der Waals surface area (Å²) in [5, 5.41) is 0. The van der Waals surface area contributed by atoms with E-state index in [0.29, 0.717) is 41.5 Å². The summed E-state index contributed by atoms with van der Waals surface area (Å²) >= 11 is 0. The third-order valence-corrected chi connectivity index (χ3v) is 5.97. The quantitative estimate of drug-likeness (QED) is 0.346. The van der Waals surface area contributed by atoms with Crippen molar-refractivity contribution < 1.29 is 33.5 Å². The zero-order valence-corrected chi connectivity index (χ0v) is 19.9. The molecule has 8 heteroatoms. The molecule has 1 amide bonds. The van der Waals surface area contributed by atoms with Gasteiger partial charge in [0, 0.05) is 5.56 Å². The fourth-order valence-electron chi connectivity index (χ4n) is 4.19. The highest BCUT2D eigenvalue weighted by Gasteiger charge is 2.51. The zero-order valence-electron chi connectivity index (χ0n) is 19.9. The van der Waals surface area contributed by atoms with Gasteiger partial charge in [0.25, 0.3) is 5.91 Å². The summed E-state index contributed by atoms with van der Waals surface area (Å²) in [5.41, 5.74) is 1.78. The minimum Gasteiger partial charge on any atom is -0.496 e. The first kappa shape index (κ1) is 24.3. The van der Waals surface area contributed by atoms with Gasteiger partial charge in [-0.1, -0.05) is 6.07 Å². The smallest absolute Gasteiger partial charge is 0.291 e. The number of nitrogens with zero attached hydrogens (tertiary/aromatic N) is 1. The van der Waals surface area contributed by atoms with Gasteiger partial charge in [-0.05, 0) is 48.4 Å². The lowest BCUT2D eigenvalue weighted by molar-refractivity contribution is -0.857. The molecule has 2 unspecified atom stereocenters. The molecule has 3 rings (SSSR count). The molecule has 2 aromatic carbocycles. The van der Waals surface area contributed by atoms with E-state index < -0.39 is 29.4 Å². The molecule has 0 aromatic heterocycles. The summed E-state index contributed by atoms with van der Waals surface area (Å²) in [7, 11) is 8.54. The Labute approximate surface area is 194 Å². The summed E-state index contributed by atoms with van der Waals surface area (Å²) in [6.07, 6.45) is 0. The molecule has 1 heterocycles. The Morgan fingerprint density at radius 2 is 1.58 bits per heavy atom. The number of benzene rings is 2. The number of aryl methyl sites for hydroxylation is 1. The van der Waals surface area contributed by atoms with Crippen molar-refractivity contribution in [2.24, 2.45) is 5.92 Å². The first-order valence-corrected chi connectivity index (χ1v) is 10.8. The number of ether oxygens (including phenoxy) is 3. The van der Waals surface area contributed by atoms with Crippen molar-refractivity contribution in [3.8, 4) is 17.2 Å². The van der Waals surface area contributed by atoms with Crippen LogP contribution in [0.3, 0.4) is 0 Å². The Morgan fingerprint density at radius 1 is 0.939 bits per heavy atom. The lowest BCUT2D eigenvalue weighted by Crippen LogP contribution is -3.06. The van der Waals surface area contributed by atoms with Crippen LogP contribution in [0, 0.1) is 12.8 Å². The van der Waals surface area contributed by atoms with E-state index in [-0.39, 0.29) is 0 Å². The number of likely N-dealkylation sites (N-methyl/N-ethyl adjacent to an activating group) is 1. The third kappa shape index (κ3) is 4.71. The molecule has 0 aliphatic carbocycles. The van der Waals surface area contributed by atoms with Crippen molar-refractivity contribution in [2.45, 2.75) is 13.0 Å². The van der Waals surface area contributed by atoms with Gasteiger partial charge in [0.1, 0.15) is 11.7 Å². The average Bonchev–Trinajstić information content (AvgIpc) is 3.06. The van der Waals surface area contributed by atoms with E-state index in [1.807, 2.05) is 21.0 Å². The van der Waals surface area contributed by atoms with Gasteiger partial charge in [0.2, 0.25) is 5.78 Å². The van der Waals surface area contributed by atoms with E-state index in [4.69, 9.17) is 14.2 Å². The van der Waals surface area contributed by atoms with Crippen LogP contribution < -0.4 is 19.1 Å². The van der Waals surface area contributed by atoms with Gasteiger partial charge in [-0.3, -0.25) is 14.4 Å². The largest absolute Gasteiger partial charge is 0.496 e. The van der Waals surface area contributed by atoms with Crippen LogP contribution in [-0.4, -0.2) is 70.9 Å². The standard InChI is InChI=1S/C25H30N2O6/c1-15-13-17(8-9-18(15)31-4)23(28)21-22(16-7-10-19(32-5)20(14-16)33-6)27(12-11-26(2)3)25(30)24(21)29/h7-10,13-14,21-22H,11-12H2,1-6H3/p+1. The van der Waals surface area contributed by atoms with Gasteiger partial charge >= 0.3 is 0 Å². The molecule has 2 atom stereocenters. The van der Waals surface area contributed by atoms with Crippen LogP contribution in [0.1, 0.15) is 27.5 Å². The van der Waals surface area contributed by atoms with Crippen LogP contribution in [0.5, 0.6) is 17.2 Å². The number of methoxy groups -OCH3 is 3. The van der Waals surface area contributed by atoms with Crippen LogP contribution in [-0.2, 0) is 9.59 Å². The van der Waals surface area contributed by atoms with Crippen molar-refractivity contribution in [3.05, 3.63) is 53.1 Å². The number of carbonyl (C=O) groups excluding carboxylic acids is 3. The topological polar surface area (TPSA) is 86.6 Å². The number of nitrogens with one attached hydrogen (secondary N) is 1. The monoisotopic (exact) mass is 455 g/mol. The predicted octanol–water partition coefficient (Wildman–Crippen LogP) is 1.12. The number of hydrogen-bond donors (Lipinski definition) is 1. The van der Waals surface area contributed by atoms with Crippen molar-refractivity contribution >= 4 is 17.5 Å². The molecule has 0 radical (unpaired) electrons. The maximum atomic E-state index is 13.6. The minimum atomic E-state index is -1.15. The molecule has 1 aliphatic heterocycles. The Kier molecular flexibility index (Phi) is 7.38. The van der Waals surface area contributed by atoms with Crippen molar-refractivity contribution in [3.63, 3.8) is 0 Å². The van der Waals surface area contributed by atoms with Gasteiger partial charge in [-0.2, -0.15) is 0 Å². The summed E-state index contributed by atoms with van der Waals surface area (Å²) in [5.74, 6) is -1.24. The predicted molar refractivity (Wildman–Crippen MR) is 122 cm³/mol. The molecule has 33 heavy (non-hydrogen) atoms. The van der Waals surface area contributed by atoms with E-state index in [1.165, 1.54) is 19.1 Å². The van der Waals surface area contributed by atoms with Gasteiger partial charge in [0.15, 0.2) is 17.3 Å². The number of quaternary nitrogens is 1. The number of Topliss-reactive ketones (excluding diaryl/α,β-unsaturated/α-hetero) is 2. The van der Waals surface area contributed by atoms with E-state index in [1.54, 1.807) is 43.5 Å². The Morgan fingerprint density at radius 3 is 2.15 bits per heavy atom. The number of rotatable bonds is 9. The highest BCUT2D eigenvalue weighted by Crippen LogP contribution is 2.41. The van der Waals surface area contributed by atoms with Gasteiger partial charge in [-0.15, -0.1) is 0 Å². The second-order valence-corrected chi connectivity index (χ2v) is 8.41. The maximum Gasteiger partial charge on any atom is 0.291 e. The number of amides is 1. The van der Waals surface area contributed by atoms with Crippen molar-refractivity contribution in [2.75, 3.05) is 48.5 Å². The summed E-state index contributed by atoms with van der Waals surface area (Å²) < 4.78 is 16.0. The molecule has 2 aromatic rings. The normalized spacial score (nSPS) is 18.1. The first-order valence-electron chi connectivity index (χ1n) is 10.8. The number of likely N-dealkylation sites (tertiary alicyclic amines) is 1. The number of hydrogen-bond acceptors (Lipinski definition) is 6. The first-order chi connectivity index (χ1) is 15.7. The van der Waals surface area contributed by atoms with E-state index in [0.717, 1.165) is 10.5 Å². The van der Waals surface area contributed by atoms with Crippen molar-refractivity contribution in [1.29, 1.82) is 0 Å². The Hall–Kier alpha value is -3.39. The number of carbonyl (C=O) groups is 3. The summed E-state index contributed by atoms with van der Waals surface area (Å²) in [6, 6.07) is 9.50. The molecular weight excluding hydrogens is 424 g/mol. The summed E-state index contributed by atoms with van der Waals surface area (Å²) in [4.78, 5) is 42.4. The molecule has 1 N–H and O–H groups in total. The van der Waals surface area contributed by atoms with Crippen LogP contribution >= 0.6 is 0 Å². The molecular formula is C25H31N2O6+. The van der Waals surface area contributed by atoms with Crippen LogP contribution in [0.15, 0.2) is 36.4 Å². The molecule has 0 saturated carbocycles. The van der Waals surface area contributed by atoms with Gasteiger partial charge < -0.3 is 24.0 Å². The highest BCUT2D eigenvalue weighted by atomic mass is 16.5. The lowest BCUT2D eigenvalue weighted by Gasteiger charge is -2.28. The Balaban J connectivity index is 2.09. The van der Waals surface area contributed by atoms with E-state index in [9.17, 15) is 14.4 Å². The fraction of sp³-hybridized carbons (Fsp3) is 0.400. The second-order valence-electron chi connectivity index (χ2n) is 8.41. The molecule has 1 saturated heterocycles. The second kappa shape index (κ2) is 10.0. The van der Waals surface area contributed by atoms with Crippen molar-refractivity contribution in [1.82, 2.24) is 4.90 Å². The molecule has 0 spiro atoms. The third-order valence-electron chi connectivity index (χ3n) is 5.97. The van der Waals surface area contributed by atoms with E-state index in [2.05, 4.69) is 0 Å². The maximum absolute atomic E-state index is 13.6. The number of ketones is 2. The van der Waals surface area contributed by atoms with E-state index >= 15 is 0 Å². The molecule has 0 bridgehead atoms. The molecule has 8 nitrogen and oxygen atoms in total. The fourth-order valence-corrected chi connectivity index (χ4v) is 4.19. The average molecular weight is 456 g/mol. The highest BCUT2D eigenvalue weighted by molar-refractivity contribution is 6.44. The molecule has 1 fully saturated rings. The zero-order chi connectivity index (χ0) is 24.3. The minimum absolute atomic E-state index is 0.345. The molecule has 1 aliphatic rings. The summed E-state index contributed by atoms with van der Waals surface area (Å²) in [6.45, 7) is 2.80. The van der Waals surface area contributed by atoms with Crippen LogP contribution in [0.25, 0.3) is 0 Å². The van der Waals surface area contributed by atoms with Crippen LogP contribution in [0.4, 0.5) is 0 Å². The van der Waals surface area contributed by atoms with Gasteiger partial charge in [0.05, 0.1) is 54.6 Å². The SMILES string of the molecule is COc1ccc(C(=O)C2C(=O)C(=O)N(CC[NH+](C)C)C2c2ccc(OC)c(OC)c2)cc1C. The van der Waals surface area contributed by atoms with Gasteiger partial charge in [-0.25, -0.2) is 0 Å². The Bertz CT molecular complexity index is 1060. The molecule has 176 valence electrons. The van der Waals surface area contributed by atoms with Crippen LogP contribution in [0.2, 0.25) is 0 Å².